The molecule has 2 amide bonds. The number of anilines is 1. The number of amides is 2. The van der Waals surface area contributed by atoms with Gasteiger partial charge in [0.15, 0.2) is 0 Å². The maximum atomic E-state index is 12.8. The summed E-state index contributed by atoms with van der Waals surface area (Å²) in [5, 5.41) is 2.99. The van der Waals surface area contributed by atoms with Crippen molar-refractivity contribution in [2.24, 2.45) is 0 Å². The van der Waals surface area contributed by atoms with Crippen LogP contribution < -0.4 is 10.2 Å². The van der Waals surface area contributed by atoms with Gasteiger partial charge in [0, 0.05) is 37.6 Å². The van der Waals surface area contributed by atoms with E-state index in [0.29, 0.717) is 29.8 Å². The van der Waals surface area contributed by atoms with Crippen LogP contribution in [-0.4, -0.2) is 41.3 Å². The van der Waals surface area contributed by atoms with Gasteiger partial charge in [0.25, 0.3) is 12.3 Å². The molecule has 0 radical (unpaired) electrons. The SMILES string of the molecule is CC(=O)N(CC(F)F)c1ccc(-c2ccc(C(=O)NCCc3cccnc3)cn2)cc1Cl. The molecular formula is C23H21ClF2N4O2. The van der Waals surface area contributed by atoms with Gasteiger partial charge in [0.1, 0.15) is 0 Å². The Morgan fingerprint density at radius 3 is 2.56 bits per heavy atom. The zero-order valence-corrected chi connectivity index (χ0v) is 18.0. The third kappa shape index (κ3) is 6.07. The Bertz CT molecular complexity index is 1080. The van der Waals surface area contributed by atoms with Crippen molar-refractivity contribution in [3.63, 3.8) is 0 Å². The monoisotopic (exact) mass is 458 g/mol. The largest absolute Gasteiger partial charge is 0.352 e. The fraction of sp³-hybridized carbons (Fsp3) is 0.217. The minimum Gasteiger partial charge on any atom is -0.352 e. The Morgan fingerprint density at radius 1 is 1.16 bits per heavy atom. The molecule has 0 spiro atoms. The predicted molar refractivity (Wildman–Crippen MR) is 119 cm³/mol. The summed E-state index contributed by atoms with van der Waals surface area (Å²) >= 11 is 6.26. The summed E-state index contributed by atoms with van der Waals surface area (Å²) in [6.45, 7) is 0.931. The number of rotatable bonds is 8. The first-order valence-electron chi connectivity index (χ1n) is 9.84. The highest BCUT2D eigenvalue weighted by atomic mass is 35.5. The number of nitrogens with one attached hydrogen (secondary N) is 1. The first-order valence-corrected chi connectivity index (χ1v) is 10.2. The van der Waals surface area contributed by atoms with E-state index in [1.807, 2.05) is 12.1 Å². The highest BCUT2D eigenvalue weighted by molar-refractivity contribution is 6.34. The fourth-order valence-corrected chi connectivity index (χ4v) is 3.37. The molecule has 0 saturated carbocycles. The van der Waals surface area contributed by atoms with Crippen LogP contribution in [0, 0.1) is 0 Å². The van der Waals surface area contributed by atoms with E-state index in [1.54, 1.807) is 36.7 Å². The van der Waals surface area contributed by atoms with E-state index in [9.17, 15) is 18.4 Å². The number of alkyl halides is 2. The maximum Gasteiger partial charge on any atom is 0.256 e. The number of hydrogen-bond acceptors (Lipinski definition) is 4. The van der Waals surface area contributed by atoms with Crippen molar-refractivity contribution >= 4 is 29.1 Å². The smallest absolute Gasteiger partial charge is 0.256 e. The van der Waals surface area contributed by atoms with Crippen molar-refractivity contribution in [3.05, 3.63) is 77.2 Å². The molecule has 0 unspecified atom stereocenters. The van der Waals surface area contributed by atoms with Gasteiger partial charge in [-0.15, -0.1) is 0 Å². The molecule has 2 heterocycles. The topological polar surface area (TPSA) is 75.2 Å². The van der Waals surface area contributed by atoms with Gasteiger partial charge >= 0.3 is 0 Å². The molecular weight excluding hydrogens is 438 g/mol. The average Bonchev–Trinajstić information content (AvgIpc) is 2.78. The van der Waals surface area contributed by atoms with Gasteiger partial charge < -0.3 is 10.2 Å². The van der Waals surface area contributed by atoms with Crippen molar-refractivity contribution in [1.29, 1.82) is 0 Å². The highest BCUT2D eigenvalue weighted by Crippen LogP contribution is 2.31. The van der Waals surface area contributed by atoms with Gasteiger partial charge in [-0.25, -0.2) is 8.78 Å². The molecule has 3 aromatic rings. The lowest BCUT2D eigenvalue weighted by Crippen LogP contribution is -2.33. The molecule has 3 rings (SSSR count). The van der Waals surface area contributed by atoms with E-state index >= 15 is 0 Å². The van der Waals surface area contributed by atoms with E-state index in [4.69, 9.17) is 11.6 Å². The second-order valence-corrected chi connectivity index (χ2v) is 7.39. The molecule has 32 heavy (non-hydrogen) atoms. The molecule has 1 aromatic carbocycles. The van der Waals surface area contributed by atoms with Crippen molar-refractivity contribution in [2.75, 3.05) is 18.0 Å². The van der Waals surface area contributed by atoms with Gasteiger partial charge in [0.2, 0.25) is 5.91 Å². The van der Waals surface area contributed by atoms with E-state index in [0.717, 1.165) is 10.5 Å². The number of carbonyl (C=O) groups excluding carboxylic acids is 2. The van der Waals surface area contributed by atoms with E-state index in [-0.39, 0.29) is 16.6 Å². The number of benzene rings is 1. The number of halogens is 3. The molecule has 6 nitrogen and oxygen atoms in total. The van der Waals surface area contributed by atoms with Gasteiger partial charge in [0.05, 0.1) is 28.5 Å². The summed E-state index contributed by atoms with van der Waals surface area (Å²) < 4.78 is 25.6. The van der Waals surface area contributed by atoms with E-state index < -0.39 is 18.9 Å². The Kier molecular flexibility index (Phi) is 7.83. The van der Waals surface area contributed by atoms with Crippen LogP contribution in [0.2, 0.25) is 5.02 Å². The van der Waals surface area contributed by atoms with Crippen LogP contribution in [0.4, 0.5) is 14.5 Å². The molecule has 0 aliphatic carbocycles. The molecule has 0 saturated heterocycles. The third-order valence-corrected chi connectivity index (χ3v) is 4.99. The van der Waals surface area contributed by atoms with Gasteiger partial charge in [-0.05, 0) is 42.3 Å². The van der Waals surface area contributed by atoms with Crippen molar-refractivity contribution in [2.45, 2.75) is 19.8 Å². The highest BCUT2D eigenvalue weighted by Gasteiger charge is 2.19. The number of pyridine rings is 2. The number of aromatic nitrogens is 2. The Morgan fingerprint density at radius 2 is 1.97 bits per heavy atom. The number of carbonyl (C=O) groups is 2. The molecule has 0 aliphatic rings. The lowest BCUT2D eigenvalue weighted by atomic mass is 10.1. The van der Waals surface area contributed by atoms with Crippen LogP contribution >= 0.6 is 11.6 Å². The fourth-order valence-electron chi connectivity index (χ4n) is 3.09. The molecule has 166 valence electrons. The zero-order chi connectivity index (χ0) is 23.1. The quantitative estimate of drug-likeness (QED) is 0.543. The molecule has 0 atom stereocenters. The lowest BCUT2D eigenvalue weighted by Gasteiger charge is -2.22. The summed E-state index contributed by atoms with van der Waals surface area (Å²) in [5.41, 5.74) is 2.81. The van der Waals surface area contributed by atoms with Crippen molar-refractivity contribution in [3.8, 4) is 11.3 Å². The summed E-state index contributed by atoms with van der Waals surface area (Å²) in [6.07, 6.45) is 2.88. The normalized spacial score (nSPS) is 10.8. The van der Waals surface area contributed by atoms with E-state index in [2.05, 4.69) is 15.3 Å². The van der Waals surface area contributed by atoms with Crippen molar-refractivity contribution < 1.29 is 18.4 Å². The average molecular weight is 459 g/mol. The standard InChI is InChI=1S/C23H21ClF2N4O2/c1-15(31)30(14-22(25)26)21-7-5-17(11-19(21)24)20-6-4-18(13-29-20)23(32)28-10-8-16-3-2-9-27-12-16/h2-7,9,11-13,22H,8,10,14H2,1H3,(H,28,32). The minimum atomic E-state index is -2.68. The molecule has 2 aromatic heterocycles. The first-order chi connectivity index (χ1) is 15.3. The second-order valence-electron chi connectivity index (χ2n) is 6.99. The number of hydrogen-bond donors (Lipinski definition) is 1. The Balaban J connectivity index is 1.66. The summed E-state index contributed by atoms with van der Waals surface area (Å²) in [4.78, 5) is 33.3. The maximum absolute atomic E-state index is 12.8. The van der Waals surface area contributed by atoms with Crippen LogP contribution in [-0.2, 0) is 11.2 Å². The zero-order valence-electron chi connectivity index (χ0n) is 17.3. The number of nitrogens with zero attached hydrogens (tertiary/aromatic N) is 3. The van der Waals surface area contributed by atoms with E-state index in [1.165, 1.54) is 19.2 Å². The first kappa shape index (κ1) is 23.3. The second kappa shape index (κ2) is 10.8. The Labute approximate surface area is 189 Å². The molecule has 0 fully saturated rings. The lowest BCUT2D eigenvalue weighted by molar-refractivity contribution is -0.117. The summed E-state index contributed by atoms with van der Waals surface area (Å²) in [5.74, 6) is -0.776. The van der Waals surface area contributed by atoms with Crippen LogP contribution in [0.25, 0.3) is 11.3 Å². The summed E-state index contributed by atoms with van der Waals surface area (Å²) in [7, 11) is 0. The minimum absolute atomic E-state index is 0.150. The Hall–Kier alpha value is -3.39. The molecule has 0 aliphatic heterocycles. The molecule has 0 bridgehead atoms. The third-order valence-electron chi connectivity index (χ3n) is 4.68. The van der Waals surface area contributed by atoms with Crippen LogP contribution in [0.3, 0.4) is 0 Å². The van der Waals surface area contributed by atoms with Crippen LogP contribution in [0.1, 0.15) is 22.8 Å². The van der Waals surface area contributed by atoms with Crippen LogP contribution in [0.15, 0.2) is 61.1 Å². The summed E-state index contributed by atoms with van der Waals surface area (Å²) in [6, 6.07) is 11.8. The predicted octanol–water partition coefficient (Wildman–Crippen LogP) is 4.39. The molecule has 1 N–H and O–H groups in total. The van der Waals surface area contributed by atoms with Crippen LogP contribution in [0.5, 0.6) is 0 Å². The molecule has 9 heteroatoms. The van der Waals surface area contributed by atoms with Gasteiger partial charge in [-0.3, -0.25) is 19.6 Å². The van der Waals surface area contributed by atoms with Gasteiger partial charge in [-0.1, -0.05) is 23.7 Å². The van der Waals surface area contributed by atoms with Gasteiger partial charge in [-0.2, -0.15) is 0 Å². The van der Waals surface area contributed by atoms with Crippen molar-refractivity contribution in [1.82, 2.24) is 15.3 Å².